The van der Waals surface area contributed by atoms with E-state index in [1.54, 1.807) is 38.2 Å². The molecule has 2 aromatic heterocycles. The quantitative estimate of drug-likeness (QED) is 0.433. The number of carbonyl (C=O) groups is 2. The molecule has 0 spiro atoms. The smallest absolute Gasteiger partial charge is 0.255 e. The molecule has 1 aliphatic rings. The normalized spacial score (nSPS) is 14.3. The molecule has 11 heteroatoms. The lowest BCUT2D eigenvalue weighted by Gasteiger charge is -2.25. The number of aromatic nitrogens is 3. The summed E-state index contributed by atoms with van der Waals surface area (Å²) in [4.78, 5) is 40.5. The predicted octanol–water partition coefficient (Wildman–Crippen LogP) is 2.44. The molecule has 182 valence electrons. The molecular formula is C24H25ClN6O4. The van der Waals surface area contributed by atoms with E-state index in [4.69, 9.17) is 16.3 Å². The average Bonchev–Trinajstić information content (AvgIpc) is 3.22. The number of nitrogens with zero attached hydrogens (tertiary/aromatic N) is 4. The first kappa shape index (κ1) is 24.4. The van der Waals surface area contributed by atoms with Gasteiger partial charge in [0, 0.05) is 30.8 Å². The summed E-state index contributed by atoms with van der Waals surface area (Å²) in [5, 5.41) is 15.8. The van der Waals surface area contributed by atoms with Crippen molar-refractivity contribution in [2.75, 3.05) is 26.1 Å². The first-order valence-electron chi connectivity index (χ1n) is 10.9. The van der Waals surface area contributed by atoms with Crippen molar-refractivity contribution in [1.29, 1.82) is 0 Å². The number of nitrogens with one attached hydrogen (secondary N) is 2. The zero-order valence-corrected chi connectivity index (χ0v) is 20.2. The van der Waals surface area contributed by atoms with Crippen LogP contribution in [0.2, 0.25) is 5.02 Å². The Morgan fingerprint density at radius 1 is 1.29 bits per heavy atom. The number of benzene rings is 1. The van der Waals surface area contributed by atoms with E-state index in [2.05, 4.69) is 25.6 Å². The molecular weight excluding hydrogens is 472 g/mol. The number of methoxy groups -OCH3 is 1. The summed E-state index contributed by atoms with van der Waals surface area (Å²) in [6, 6.07) is 8.96. The zero-order valence-electron chi connectivity index (χ0n) is 19.4. The fourth-order valence-electron chi connectivity index (χ4n) is 3.86. The number of aliphatic hydroxyl groups excluding tert-OH is 1. The molecule has 0 aliphatic carbocycles. The summed E-state index contributed by atoms with van der Waals surface area (Å²) >= 11 is 6.29. The van der Waals surface area contributed by atoms with Crippen LogP contribution in [-0.2, 0) is 11.3 Å². The van der Waals surface area contributed by atoms with Crippen LogP contribution in [0.5, 0.6) is 5.88 Å². The van der Waals surface area contributed by atoms with Crippen molar-refractivity contribution in [2.24, 2.45) is 0 Å². The molecule has 0 saturated carbocycles. The van der Waals surface area contributed by atoms with Gasteiger partial charge in [-0.15, -0.1) is 0 Å². The molecule has 3 aromatic rings. The van der Waals surface area contributed by atoms with E-state index in [1.807, 2.05) is 12.1 Å². The number of pyridine rings is 1. The number of rotatable bonds is 8. The molecule has 35 heavy (non-hydrogen) atoms. The molecule has 4 rings (SSSR count). The standard InChI is InChI=1S/C24H25ClN6O4/c1-13(22(33)29-19(12-32)18-5-4-6-20(28-18)35-3)31-11-15-8-7-14(9-16(15)23(31)34)21-17(25)10-27-24(26-2)30-21/h4-10,13,19,32H,11-12H2,1-3H3,(H,29,33)(H,26,27,30). The third kappa shape index (κ3) is 4.89. The largest absolute Gasteiger partial charge is 0.481 e. The van der Waals surface area contributed by atoms with Crippen LogP contribution in [0.1, 0.15) is 34.6 Å². The van der Waals surface area contributed by atoms with E-state index >= 15 is 0 Å². The third-order valence-electron chi connectivity index (χ3n) is 5.84. The monoisotopic (exact) mass is 496 g/mol. The summed E-state index contributed by atoms with van der Waals surface area (Å²) < 4.78 is 5.12. The molecule has 0 bridgehead atoms. The molecule has 3 N–H and O–H groups in total. The first-order valence-corrected chi connectivity index (χ1v) is 11.3. The minimum Gasteiger partial charge on any atom is -0.481 e. The molecule has 1 aliphatic heterocycles. The summed E-state index contributed by atoms with van der Waals surface area (Å²) in [6.45, 7) is 1.57. The lowest BCUT2D eigenvalue weighted by Crippen LogP contribution is -2.46. The van der Waals surface area contributed by atoms with Gasteiger partial charge in [0.1, 0.15) is 6.04 Å². The van der Waals surface area contributed by atoms with Crippen LogP contribution in [0, 0.1) is 0 Å². The van der Waals surface area contributed by atoms with Crippen LogP contribution < -0.4 is 15.4 Å². The molecule has 0 saturated heterocycles. The molecule has 2 atom stereocenters. The predicted molar refractivity (Wildman–Crippen MR) is 130 cm³/mol. The van der Waals surface area contributed by atoms with E-state index in [9.17, 15) is 14.7 Å². The molecule has 0 radical (unpaired) electrons. The van der Waals surface area contributed by atoms with Gasteiger partial charge in [-0.2, -0.15) is 0 Å². The summed E-state index contributed by atoms with van der Waals surface area (Å²) in [7, 11) is 3.19. The zero-order chi connectivity index (χ0) is 25.1. The van der Waals surface area contributed by atoms with Gasteiger partial charge in [0.25, 0.3) is 5.91 Å². The Morgan fingerprint density at radius 2 is 2.09 bits per heavy atom. The Bertz CT molecular complexity index is 1270. The first-order chi connectivity index (χ1) is 16.9. The highest BCUT2D eigenvalue weighted by atomic mass is 35.5. The second-order valence-electron chi connectivity index (χ2n) is 7.97. The van der Waals surface area contributed by atoms with Gasteiger partial charge in [-0.3, -0.25) is 9.59 Å². The number of ether oxygens (including phenoxy) is 1. The number of carbonyl (C=O) groups excluding carboxylic acids is 2. The number of halogens is 1. The van der Waals surface area contributed by atoms with Crippen molar-refractivity contribution in [3.05, 3.63) is 64.4 Å². The van der Waals surface area contributed by atoms with Crippen molar-refractivity contribution in [2.45, 2.75) is 25.6 Å². The molecule has 2 amide bonds. The van der Waals surface area contributed by atoms with Gasteiger partial charge in [0.05, 0.1) is 42.4 Å². The molecule has 0 fully saturated rings. The van der Waals surface area contributed by atoms with Gasteiger partial charge in [0.2, 0.25) is 17.7 Å². The Morgan fingerprint density at radius 3 is 2.80 bits per heavy atom. The van der Waals surface area contributed by atoms with E-state index in [1.165, 1.54) is 18.2 Å². The van der Waals surface area contributed by atoms with Crippen LogP contribution >= 0.6 is 11.6 Å². The highest BCUT2D eigenvalue weighted by Crippen LogP contribution is 2.32. The van der Waals surface area contributed by atoms with Crippen molar-refractivity contribution in [3.8, 4) is 17.1 Å². The summed E-state index contributed by atoms with van der Waals surface area (Å²) in [5.41, 5.74) is 2.91. The van der Waals surface area contributed by atoms with Crippen LogP contribution in [0.4, 0.5) is 5.95 Å². The summed E-state index contributed by atoms with van der Waals surface area (Å²) in [6.07, 6.45) is 1.50. The lowest BCUT2D eigenvalue weighted by atomic mass is 10.0. The minimum absolute atomic E-state index is 0.274. The third-order valence-corrected chi connectivity index (χ3v) is 6.12. The van der Waals surface area contributed by atoms with Crippen LogP contribution in [0.25, 0.3) is 11.3 Å². The highest BCUT2D eigenvalue weighted by Gasteiger charge is 2.35. The maximum atomic E-state index is 13.2. The van der Waals surface area contributed by atoms with Gasteiger partial charge in [-0.25, -0.2) is 15.0 Å². The second kappa shape index (κ2) is 10.2. The van der Waals surface area contributed by atoms with Crippen molar-refractivity contribution in [3.63, 3.8) is 0 Å². The number of aliphatic hydroxyl groups is 1. The van der Waals surface area contributed by atoms with Crippen LogP contribution in [0.3, 0.4) is 0 Å². The van der Waals surface area contributed by atoms with Gasteiger partial charge in [0.15, 0.2) is 0 Å². The fraction of sp³-hybridized carbons (Fsp3) is 0.292. The number of hydrogen-bond donors (Lipinski definition) is 3. The number of fused-ring (bicyclic) bond motifs is 1. The Kier molecular flexibility index (Phi) is 7.13. The van der Waals surface area contributed by atoms with Crippen molar-refractivity contribution < 1.29 is 19.4 Å². The Labute approximate surface area is 207 Å². The van der Waals surface area contributed by atoms with Crippen molar-refractivity contribution in [1.82, 2.24) is 25.2 Å². The average molecular weight is 497 g/mol. The van der Waals surface area contributed by atoms with Crippen LogP contribution in [0.15, 0.2) is 42.6 Å². The van der Waals surface area contributed by atoms with Crippen molar-refractivity contribution >= 4 is 29.4 Å². The second-order valence-corrected chi connectivity index (χ2v) is 8.38. The minimum atomic E-state index is -0.781. The lowest BCUT2D eigenvalue weighted by molar-refractivity contribution is -0.126. The molecule has 10 nitrogen and oxygen atoms in total. The SMILES string of the molecule is CNc1ncc(Cl)c(-c2ccc3c(c2)C(=O)N(C(C)C(=O)NC(CO)c2cccc(OC)n2)C3)n1. The Hall–Kier alpha value is -3.76. The summed E-state index contributed by atoms with van der Waals surface area (Å²) in [5.74, 6) is 0.0955. The fourth-order valence-corrected chi connectivity index (χ4v) is 4.06. The van der Waals surface area contributed by atoms with E-state index in [-0.39, 0.29) is 19.1 Å². The van der Waals surface area contributed by atoms with Crippen LogP contribution in [-0.4, -0.2) is 63.6 Å². The van der Waals surface area contributed by atoms with E-state index in [0.717, 1.165) is 5.56 Å². The van der Waals surface area contributed by atoms with E-state index < -0.39 is 18.0 Å². The molecule has 1 aromatic carbocycles. The molecule has 3 heterocycles. The highest BCUT2D eigenvalue weighted by molar-refractivity contribution is 6.33. The number of anilines is 1. The topological polar surface area (TPSA) is 130 Å². The van der Waals surface area contributed by atoms with Gasteiger partial charge >= 0.3 is 0 Å². The number of hydrogen-bond acceptors (Lipinski definition) is 8. The Balaban J connectivity index is 1.52. The van der Waals surface area contributed by atoms with Gasteiger partial charge < -0.3 is 25.4 Å². The maximum Gasteiger partial charge on any atom is 0.255 e. The van der Waals surface area contributed by atoms with Gasteiger partial charge in [-0.05, 0) is 24.6 Å². The van der Waals surface area contributed by atoms with Gasteiger partial charge in [-0.1, -0.05) is 29.8 Å². The maximum absolute atomic E-state index is 13.2. The number of amides is 2. The van der Waals surface area contributed by atoms with E-state index in [0.29, 0.717) is 39.4 Å². The molecule has 2 unspecified atom stereocenters.